The smallest absolute Gasteiger partial charge is 0.359 e. The fourth-order valence-corrected chi connectivity index (χ4v) is 3.51. The van der Waals surface area contributed by atoms with Crippen LogP contribution >= 0.6 is 0 Å². The van der Waals surface area contributed by atoms with Gasteiger partial charge in [-0.3, -0.25) is 0 Å². The lowest BCUT2D eigenvalue weighted by Gasteiger charge is -2.26. The number of hydroxylamine groups is 2. The molecule has 8 heteroatoms. The summed E-state index contributed by atoms with van der Waals surface area (Å²) in [6.45, 7) is 1.94. The van der Waals surface area contributed by atoms with Crippen LogP contribution in [-0.2, 0) is 4.84 Å². The minimum absolute atomic E-state index is 0.219. The van der Waals surface area contributed by atoms with E-state index in [-0.39, 0.29) is 5.95 Å². The lowest BCUT2D eigenvalue weighted by Crippen LogP contribution is -2.33. The maximum atomic E-state index is 13.1. The highest BCUT2D eigenvalue weighted by Gasteiger charge is 2.23. The summed E-state index contributed by atoms with van der Waals surface area (Å²) in [4.78, 5) is 22.8. The lowest BCUT2D eigenvalue weighted by atomic mass is 10.0. The van der Waals surface area contributed by atoms with Crippen LogP contribution in [0.15, 0.2) is 85.3 Å². The molecule has 3 heterocycles. The lowest BCUT2D eigenvalue weighted by molar-refractivity contribution is 0.000728. The normalized spacial score (nSPS) is 13.0. The van der Waals surface area contributed by atoms with Gasteiger partial charge < -0.3 is 15.9 Å². The van der Waals surface area contributed by atoms with Crippen molar-refractivity contribution in [1.29, 1.82) is 0 Å². The first-order valence-electron chi connectivity index (χ1n) is 10.0. The molecule has 2 amide bonds. The Hall–Kier alpha value is -4.59. The van der Waals surface area contributed by atoms with Gasteiger partial charge >= 0.3 is 6.03 Å². The van der Waals surface area contributed by atoms with Gasteiger partial charge in [-0.05, 0) is 54.0 Å². The third-order valence-corrected chi connectivity index (χ3v) is 5.14. The van der Waals surface area contributed by atoms with Crippen LogP contribution in [0.4, 0.5) is 16.4 Å². The van der Waals surface area contributed by atoms with E-state index in [0.29, 0.717) is 17.0 Å². The summed E-state index contributed by atoms with van der Waals surface area (Å²) in [5.74, 6) is 0.219. The van der Waals surface area contributed by atoms with Gasteiger partial charge in [-0.2, -0.15) is 4.98 Å². The first-order valence-corrected chi connectivity index (χ1v) is 10.0. The van der Waals surface area contributed by atoms with Crippen LogP contribution in [0.25, 0.3) is 22.5 Å². The molecule has 3 N–H and O–H groups in total. The van der Waals surface area contributed by atoms with E-state index in [4.69, 9.17) is 10.6 Å². The van der Waals surface area contributed by atoms with Gasteiger partial charge in [0.25, 0.3) is 0 Å². The van der Waals surface area contributed by atoms with Crippen molar-refractivity contribution in [1.82, 2.24) is 19.7 Å². The van der Waals surface area contributed by atoms with E-state index in [9.17, 15) is 4.79 Å². The zero-order valence-corrected chi connectivity index (χ0v) is 17.3. The molecule has 0 saturated heterocycles. The first kappa shape index (κ1) is 19.4. The molecule has 0 radical (unpaired) electrons. The summed E-state index contributed by atoms with van der Waals surface area (Å²) in [5.41, 5.74) is 11.3. The van der Waals surface area contributed by atoms with Gasteiger partial charge in [-0.15, -0.1) is 10.2 Å². The van der Waals surface area contributed by atoms with Gasteiger partial charge in [0.1, 0.15) is 6.26 Å². The van der Waals surface area contributed by atoms with Gasteiger partial charge in [0, 0.05) is 17.4 Å². The molecule has 0 bridgehead atoms. The highest BCUT2D eigenvalue weighted by Crippen LogP contribution is 2.28. The van der Waals surface area contributed by atoms with Crippen LogP contribution in [0.1, 0.15) is 11.1 Å². The zero-order chi connectivity index (χ0) is 22.1. The third kappa shape index (κ3) is 3.65. The number of aryl methyl sites for hydroxylation is 1. The Bertz CT molecular complexity index is 1370. The third-order valence-electron chi connectivity index (χ3n) is 5.14. The number of nitrogens with two attached hydrogens (primary N) is 1. The van der Waals surface area contributed by atoms with E-state index in [1.54, 1.807) is 16.8 Å². The van der Waals surface area contributed by atoms with Crippen molar-refractivity contribution in [2.24, 2.45) is 0 Å². The summed E-state index contributed by atoms with van der Waals surface area (Å²) in [6.07, 6.45) is 6.86. The van der Waals surface area contributed by atoms with Crippen molar-refractivity contribution in [3.63, 3.8) is 0 Å². The standard InChI is InChI=1S/C24H20N6O2/c1-16-9-10-18(19-11-12-29-22(15-19)27-23(25)28-29)14-20(16)26-24(31)30-21(8-5-13-32-30)17-6-3-2-4-7-17/h2-15H,1H3,(H2,25,28)(H,26,31). The fraction of sp³-hybridized carbons (Fsp3) is 0.0417. The molecule has 0 fully saturated rings. The summed E-state index contributed by atoms with van der Waals surface area (Å²) in [6, 6.07) is 18.9. The number of amides is 2. The highest BCUT2D eigenvalue weighted by molar-refractivity contribution is 5.96. The van der Waals surface area contributed by atoms with Crippen molar-refractivity contribution in [3.8, 4) is 11.1 Å². The molecular formula is C24H20N6O2. The number of rotatable bonds is 3. The number of carbonyl (C=O) groups excluding carboxylic acids is 1. The van der Waals surface area contributed by atoms with Gasteiger partial charge in [0.2, 0.25) is 5.95 Å². The van der Waals surface area contributed by atoms with Gasteiger partial charge in [-0.25, -0.2) is 9.31 Å². The number of allylic oxidation sites excluding steroid dienone is 2. The Morgan fingerprint density at radius 3 is 2.69 bits per heavy atom. The molecule has 5 rings (SSSR count). The van der Waals surface area contributed by atoms with Crippen molar-refractivity contribution in [3.05, 3.63) is 96.4 Å². The number of pyridine rings is 1. The number of fused-ring (bicyclic) bond motifs is 1. The van der Waals surface area contributed by atoms with E-state index in [0.717, 1.165) is 22.3 Å². The Morgan fingerprint density at radius 1 is 1.03 bits per heavy atom. The molecule has 0 saturated carbocycles. The summed E-state index contributed by atoms with van der Waals surface area (Å²) >= 11 is 0. The molecule has 32 heavy (non-hydrogen) atoms. The molecule has 1 aliphatic heterocycles. The Labute approximate surface area is 184 Å². The van der Waals surface area contributed by atoms with Crippen LogP contribution in [0.5, 0.6) is 0 Å². The van der Waals surface area contributed by atoms with Crippen LogP contribution in [-0.4, -0.2) is 25.7 Å². The minimum atomic E-state index is -0.398. The summed E-state index contributed by atoms with van der Waals surface area (Å²) in [7, 11) is 0. The Morgan fingerprint density at radius 2 is 1.84 bits per heavy atom. The molecule has 0 unspecified atom stereocenters. The molecule has 0 spiro atoms. The van der Waals surface area contributed by atoms with E-state index < -0.39 is 6.03 Å². The highest BCUT2D eigenvalue weighted by atomic mass is 16.7. The quantitative estimate of drug-likeness (QED) is 0.500. The van der Waals surface area contributed by atoms with Crippen molar-refractivity contribution >= 4 is 29.0 Å². The van der Waals surface area contributed by atoms with Crippen LogP contribution in [0, 0.1) is 6.92 Å². The van der Waals surface area contributed by atoms with E-state index in [2.05, 4.69) is 15.4 Å². The molecule has 1 aliphatic rings. The number of urea groups is 1. The second-order valence-corrected chi connectivity index (χ2v) is 7.29. The number of nitrogens with one attached hydrogen (secondary N) is 1. The summed E-state index contributed by atoms with van der Waals surface area (Å²) in [5, 5.41) is 8.31. The topological polar surface area (TPSA) is 97.8 Å². The molecule has 4 aromatic rings. The molecule has 2 aromatic heterocycles. The number of carbonyl (C=O) groups is 1. The molecule has 8 nitrogen and oxygen atoms in total. The molecule has 0 aliphatic carbocycles. The number of anilines is 2. The molecule has 0 atom stereocenters. The monoisotopic (exact) mass is 424 g/mol. The average molecular weight is 424 g/mol. The second kappa shape index (κ2) is 7.92. The summed E-state index contributed by atoms with van der Waals surface area (Å²) < 4.78 is 1.62. The minimum Gasteiger partial charge on any atom is -0.378 e. The number of benzene rings is 2. The first-order chi connectivity index (χ1) is 15.6. The maximum Gasteiger partial charge on any atom is 0.359 e. The van der Waals surface area contributed by atoms with Gasteiger partial charge in [0.05, 0.1) is 5.70 Å². The van der Waals surface area contributed by atoms with Gasteiger partial charge in [0.15, 0.2) is 5.65 Å². The fourth-order valence-electron chi connectivity index (χ4n) is 3.51. The molecule has 2 aromatic carbocycles. The predicted molar refractivity (Wildman–Crippen MR) is 123 cm³/mol. The Balaban J connectivity index is 1.43. The van der Waals surface area contributed by atoms with Crippen molar-refractivity contribution in [2.75, 3.05) is 11.1 Å². The number of aromatic nitrogens is 3. The SMILES string of the molecule is Cc1ccc(-c2ccn3nc(N)nc3c2)cc1NC(=O)N1OC=CC=C1c1ccccc1. The Kier molecular flexibility index (Phi) is 4.79. The number of hydrogen-bond donors (Lipinski definition) is 2. The maximum absolute atomic E-state index is 13.1. The molecular weight excluding hydrogens is 404 g/mol. The van der Waals surface area contributed by atoms with Crippen LogP contribution in [0.3, 0.4) is 0 Å². The van der Waals surface area contributed by atoms with Crippen molar-refractivity contribution < 1.29 is 9.63 Å². The zero-order valence-electron chi connectivity index (χ0n) is 17.3. The van der Waals surface area contributed by atoms with Gasteiger partial charge in [-0.1, -0.05) is 42.5 Å². The van der Waals surface area contributed by atoms with Crippen LogP contribution in [0.2, 0.25) is 0 Å². The average Bonchev–Trinajstić information content (AvgIpc) is 3.20. The van der Waals surface area contributed by atoms with E-state index >= 15 is 0 Å². The number of hydrogen-bond acceptors (Lipinski definition) is 5. The van der Waals surface area contributed by atoms with E-state index in [1.165, 1.54) is 11.3 Å². The van der Waals surface area contributed by atoms with E-state index in [1.807, 2.05) is 73.7 Å². The van der Waals surface area contributed by atoms with Crippen molar-refractivity contribution in [2.45, 2.75) is 6.92 Å². The van der Waals surface area contributed by atoms with Crippen LogP contribution < -0.4 is 11.1 Å². The number of nitrogens with zero attached hydrogens (tertiary/aromatic N) is 4. The predicted octanol–water partition coefficient (Wildman–Crippen LogP) is 4.62. The molecule has 158 valence electrons. The largest absolute Gasteiger partial charge is 0.378 e. The number of nitrogen functional groups attached to an aromatic ring is 1. The second-order valence-electron chi connectivity index (χ2n) is 7.29.